The summed E-state index contributed by atoms with van der Waals surface area (Å²) in [5.74, 6) is 2.51. The van der Waals surface area contributed by atoms with Gasteiger partial charge < -0.3 is 14.8 Å². The Labute approximate surface area is 157 Å². The Kier molecular flexibility index (Phi) is 4.24. The second-order valence-electron chi connectivity index (χ2n) is 6.23. The van der Waals surface area contributed by atoms with Gasteiger partial charge in [0.25, 0.3) is 0 Å². The van der Waals surface area contributed by atoms with E-state index in [-0.39, 0.29) is 0 Å². The van der Waals surface area contributed by atoms with E-state index < -0.39 is 0 Å². The summed E-state index contributed by atoms with van der Waals surface area (Å²) in [6.07, 6.45) is 0.901. The van der Waals surface area contributed by atoms with Crippen LogP contribution in [0.15, 0.2) is 36.4 Å². The maximum Gasteiger partial charge on any atom is 0.133 e. The first kappa shape index (κ1) is 16.8. The molecule has 0 bridgehead atoms. The maximum atomic E-state index is 6.12. The molecule has 0 fully saturated rings. The molecule has 0 aliphatic carbocycles. The molecule has 1 aromatic heterocycles. The third kappa shape index (κ3) is 2.59. The number of hydrogen-bond acceptors (Lipinski definition) is 4. The molecule has 0 radical (unpaired) electrons. The lowest BCUT2D eigenvalue weighted by Gasteiger charge is -2.12. The highest BCUT2D eigenvalue weighted by Crippen LogP contribution is 2.43. The first-order valence-corrected chi connectivity index (χ1v) is 8.85. The van der Waals surface area contributed by atoms with E-state index in [2.05, 4.69) is 5.32 Å². The minimum Gasteiger partial charge on any atom is -0.496 e. The number of rotatable bonds is 4. The number of hydrogen-bond donors (Lipinski definition) is 1. The average Bonchev–Trinajstić information content (AvgIpc) is 3.24. The molecule has 5 nitrogen and oxygen atoms in total. The Morgan fingerprint density at radius 2 is 1.85 bits per heavy atom. The van der Waals surface area contributed by atoms with Crippen molar-refractivity contribution in [1.29, 1.82) is 0 Å². The molecule has 6 heteroatoms. The van der Waals surface area contributed by atoms with E-state index in [1.54, 1.807) is 14.2 Å². The molecule has 0 atom stereocenters. The molecule has 0 saturated carbocycles. The van der Waals surface area contributed by atoms with E-state index in [1.807, 2.05) is 48.0 Å². The van der Waals surface area contributed by atoms with E-state index >= 15 is 0 Å². The molecule has 0 unspecified atom stereocenters. The Hall–Kier alpha value is -2.66. The molecular weight excluding hydrogens is 350 g/mol. The van der Waals surface area contributed by atoms with Crippen LogP contribution in [0.5, 0.6) is 11.5 Å². The van der Waals surface area contributed by atoms with Gasteiger partial charge in [-0.2, -0.15) is 5.10 Å². The predicted molar refractivity (Wildman–Crippen MR) is 104 cm³/mol. The quantitative estimate of drug-likeness (QED) is 0.736. The number of halogens is 1. The molecule has 2 heterocycles. The molecule has 0 saturated heterocycles. The highest BCUT2D eigenvalue weighted by atomic mass is 35.5. The lowest BCUT2D eigenvalue weighted by atomic mass is 10.0. The molecule has 3 aromatic rings. The molecule has 1 N–H and O–H groups in total. The topological polar surface area (TPSA) is 48.3 Å². The highest BCUT2D eigenvalue weighted by Gasteiger charge is 2.28. The van der Waals surface area contributed by atoms with E-state index in [9.17, 15) is 0 Å². The van der Waals surface area contributed by atoms with Gasteiger partial charge in [-0.15, -0.1) is 0 Å². The van der Waals surface area contributed by atoms with E-state index in [0.29, 0.717) is 0 Å². The van der Waals surface area contributed by atoms with Gasteiger partial charge in [-0.25, -0.2) is 4.68 Å². The summed E-state index contributed by atoms with van der Waals surface area (Å²) in [5, 5.41) is 9.11. The van der Waals surface area contributed by atoms with Crippen molar-refractivity contribution in [2.24, 2.45) is 0 Å². The number of fused-ring (bicyclic) bond motifs is 1. The Bertz CT molecular complexity index is 959. The van der Waals surface area contributed by atoms with Crippen LogP contribution in [-0.4, -0.2) is 30.5 Å². The summed E-state index contributed by atoms with van der Waals surface area (Å²) in [6.45, 7) is 2.91. The third-order valence-electron chi connectivity index (χ3n) is 4.70. The minimum atomic E-state index is 0.717. The zero-order valence-electron chi connectivity index (χ0n) is 15.0. The van der Waals surface area contributed by atoms with Crippen LogP contribution in [0, 0.1) is 6.92 Å². The standard InChI is InChI=1S/C20H20ClN3O2/c1-12-11-13(21)7-8-15(12)24-20-14(9-10-22-20)19(23-24)18-16(25-2)5-4-6-17(18)26-3/h4-8,11,22H,9-10H2,1-3H3. The van der Waals surface area contributed by atoms with Crippen LogP contribution in [0.25, 0.3) is 16.9 Å². The number of aromatic nitrogens is 2. The molecule has 134 valence electrons. The molecule has 0 spiro atoms. The van der Waals surface area contributed by atoms with Crippen molar-refractivity contribution in [2.45, 2.75) is 13.3 Å². The van der Waals surface area contributed by atoms with Crippen molar-refractivity contribution in [2.75, 3.05) is 26.1 Å². The van der Waals surface area contributed by atoms with Gasteiger partial charge in [0.05, 0.1) is 25.5 Å². The second-order valence-corrected chi connectivity index (χ2v) is 6.67. The Morgan fingerprint density at radius 1 is 1.12 bits per heavy atom. The molecule has 4 rings (SSSR count). The lowest BCUT2D eigenvalue weighted by Crippen LogP contribution is -2.06. The first-order valence-electron chi connectivity index (χ1n) is 8.47. The van der Waals surface area contributed by atoms with Crippen LogP contribution in [0.3, 0.4) is 0 Å². The summed E-state index contributed by atoms with van der Waals surface area (Å²) in [6, 6.07) is 11.6. The lowest BCUT2D eigenvalue weighted by molar-refractivity contribution is 0.397. The molecule has 26 heavy (non-hydrogen) atoms. The van der Waals surface area contributed by atoms with Gasteiger partial charge in [0, 0.05) is 17.1 Å². The van der Waals surface area contributed by atoms with Crippen LogP contribution in [0.4, 0.5) is 5.82 Å². The normalized spacial score (nSPS) is 12.6. The van der Waals surface area contributed by atoms with Gasteiger partial charge in [-0.3, -0.25) is 0 Å². The Morgan fingerprint density at radius 3 is 2.50 bits per heavy atom. The number of aryl methyl sites for hydroxylation is 1. The molecule has 2 aromatic carbocycles. The smallest absolute Gasteiger partial charge is 0.133 e. The minimum absolute atomic E-state index is 0.717. The molecule has 1 aliphatic heterocycles. The van der Waals surface area contributed by atoms with Crippen LogP contribution in [0.2, 0.25) is 5.02 Å². The molecule has 0 amide bonds. The van der Waals surface area contributed by atoms with Gasteiger partial charge >= 0.3 is 0 Å². The number of ether oxygens (including phenoxy) is 2. The first-order chi connectivity index (χ1) is 12.6. The van der Waals surface area contributed by atoms with Crippen LogP contribution >= 0.6 is 11.6 Å². The number of nitrogens with one attached hydrogen (secondary N) is 1. The van der Waals surface area contributed by atoms with Gasteiger partial charge in [0.15, 0.2) is 0 Å². The SMILES string of the molecule is COc1cccc(OC)c1-c1nn(-c2ccc(Cl)cc2C)c2c1CCN2. The molecule has 1 aliphatic rings. The maximum absolute atomic E-state index is 6.12. The largest absolute Gasteiger partial charge is 0.496 e. The van der Waals surface area contributed by atoms with Crippen molar-refractivity contribution in [3.8, 4) is 28.4 Å². The number of benzene rings is 2. The van der Waals surface area contributed by atoms with Crippen LogP contribution in [0.1, 0.15) is 11.1 Å². The van der Waals surface area contributed by atoms with Gasteiger partial charge in [0.1, 0.15) is 23.0 Å². The fraction of sp³-hybridized carbons (Fsp3) is 0.250. The zero-order chi connectivity index (χ0) is 18.3. The van der Waals surface area contributed by atoms with Crippen molar-refractivity contribution in [3.05, 3.63) is 52.5 Å². The monoisotopic (exact) mass is 369 g/mol. The van der Waals surface area contributed by atoms with Crippen LogP contribution in [-0.2, 0) is 6.42 Å². The highest BCUT2D eigenvalue weighted by molar-refractivity contribution is 6.30. The predicted octanol–water partition coefficient (Wildman–Crippen LogP) is 4.49. The fourth-order valence-electron chi connectivity index (χ4n) is 3.49. The zero-order valence-corrected chi connectivity index (χ0v) is 15.7. The summed E-state index contributed by atoms with van der Waals surface area (Å²) in [4.78, 5) is 0. The van der Waals surface area contributed by atoms with E-state index in [1.165, 1.54) is 5.56 Å². The number of methoxy groups -OCH3 is 2. The number of nitrogens with zero attached hydrogens (tertiary/aromatic N) is 2. The second kappa shape index (κ2) is 6.57. The van der Waals surface area contributed by atoms with Gasteiger partial charge in [-0.05, 0) is 49.2 Å². The fourth-order valence-corrected chi connectivity index (χ4v) is 3.72. The van der Waals surface area contributed by atoms with Crippen LogP contribution < -0.4 is 14.8 Å². The number of anilines is 1. The van der Waals surface area contributed by atoms with E-state index in [0.717, 1.165) is 57.8 Å². The van der Waals surface area contributed by atoms with Crippen molar-refractivity contribution in [1.82, 2.24) is 9.78 Å². The van der Waals surface area contributed by atoms with Gasteiger partial charge in [0.2, 0.25) is 0 Å². The third-order valence-corrected chi connectivity index (χ3v) is 4.94. The van der Waals surface area contributed by atoms with E-state index in [4.69, 9.17) is 26.2 Å². The Balaban J connectivity index is 1.96. The summed E-state index contributed by atoms with van der Waals surface area (Å²) < 4.78 is 13.1. The summed E-state index contributed by atoms with van der Waals surface area (Å²) >= 11 is 6.12. The summed E-state index contributed by atoms with van der Waals surface area (Å²) in [5.41, 5.74) is 4.99. The van der Waals surface area contributed by atoms with Crippen molar-refractivity contribution >= 4 is 17.4 Å². The average molecular weight is 370 g/mol. The van der Waals surface area contributed by atoms with Crippen molar-refractivity contribution < 1.29 is 9.47 Å². The van der Waals surface area contributed by atoms with Crippen molar-refractivity contribution in [3.63, 3.8) is 0 Å². The van der Waals surface area contributed by atoms with Gasteiger partial charge in [-0.1, -0.05) is 17.7 Å². The summed E-state index contributed by atoms with van der Waals surface area (Å²) in [7, 11) is 3.33. The molecular formula is C20H20ClN3O2.